The molecule has 0 fully saturated rings. The summed E-state index contributed by atoms with van der Waals surface area (Å²) < 4.78 is 12.4. The molecule has 1 aliphatic heterocycles. The quantitative estimate of drug-likeness (QED) is 0.494. The molecular formula is C21H22N4O3S. The Kier molecular flexibility index (Phi) is 5.62. The average Bonchev–Trinajstić information content (AvgIpc) is 2.99. The van der Waals surface area contributed by atoms with E-state index in [0.29, 0.717) is 29.8 Å². The highest BCUT2D eigenvalue weighted by Crippen LogP contribution is 2.30. The fourth-order valence-electron chi connectivity index (χ4n) is 2.87. The fourth-order valence-corrected chi connectivity index (χ4v) is 3.83. The molecule has 0 saturated heterocycles. The van der Waals surface area contributed by atoms with E-state index in [2.05, 4.69) is 20.8 Å². The Morgan fingerprint density at radius 2 is 1.97 bits per heavy atom. The maximum absolute atomic E-state index is 12.4. The van der Waals surface area contributed by atoms with Crippen LogP contribution in [-0.4, -0.2) is 35.9 Å². The van der Waals surface area contributed by atoms with Crippen molar-refractivity contribution in [2.45, 2.75) is 26.3 Å². The van der Waals surface area contributed by atoms with Crippen molar-refractivity contribution in [2.24, 2.45) is 5.10 Å². The summed E-state index contributed by atoms with van der Waals surface area (Å²) in [5.41, 5.74) is 5.08. The van der Waals surface area contributed by atoms with Crippen LogP contribution in [0.15, 0.2) is 47.6 Å². The maximum atomic E-state index is 12.4. The van der Waals surface area contributed by atoms with Gasteiger partial charge in [-0.15, -0.1) is 0 Å². The lowest BCUT2D eigenvalue weighted by Gasteiger charge is -2.12. The van der Waals surface area contributed by atoms with Gasteiger partial charge in [0, 0.05) is 12.0 Å². The number of hydrogen-bond donors (Lipinski definition) is 2. The Hall–Kier alpha value is -3.13. The van der Waals surface area contributed by atoms with Gasteiger partial charge in [0.1, 0.15) is 6.04 Å². The Morgan fingerprint density at radius 1 is 1.17 bits per heavy atom. The molecule has 2 heterocycles. The minimum atomic E-state index is -0.476. The number of carbonyl (C=O) groups excluding carboxylic acids is 1. The molecule has 1 aliphatic rings. The summed E-state index contributed by atoms with van der Waals surface area (Å²) in [6.45, 7) is 4.89. The van der Waals surface area contributed by atoms with E-state index in [1.807, 2.05) is 49.4 Å². The van der Waals surface area contributed by atoms with Crippen LogP contribution in [0.5, 0.6) is 11.5 Å². The highest BCUT2D eigenvalue weighted by atomic mass is 32.1. The van der Waals surface area contributed by atoms with Crippen LogP contribution in [0.25, 0.3) is 10.2 Å². The number of benzene rings is 2. The summed E-state index contributed by atoms with van der Waals surface area (Å²) in [5, 5.41) is 8.07. The molecule has 2 aromatic carbocycles. The number of anilines is 1. The molecule has 150 valence electrons. The Morgan fingerprint density at radius 3 is 2.79 bits per heavy atom. The van der Waals surface area contributed by atoms with Gasteiger partial charge < -0.3 is 14.8 Å². The van der Waals surface area contributed by atoms with Gasteiger partial charge in [0.25, 0.3) is 5.91 Å². The van der Waals surface area contributed by atoms with Gasteiger partial charge in [-0.3, -0.25) is 4.79 Å². The van der Waals surface area contributed by atoms with Gasteiger partial charge in [0.05, 0.1) is 29.1 Å². The first-order chi connectivity index (χ1) is 14.1. The van der Waals surface area contributed by atoms with Gasteiger partial charge >= 0.3 is 0 Å². The Bertz CT molecular complexity index is 1030. The van der Waals surface area contributed by atoms with Crippen LogP contribution >= 0.6 is 11.3 Å². The SMILES string of the molecule is C/C(=N/NC(=O)[C@@H](C)Nc1nc2ccccc2s1)c1ccc2c(c1)OCCCO2. The van der Waals surface area contributed by atoms with Crippen molar-refractivity contribution < 1.29 is 14.3 Å². The smallest absolute Gasteiger partial charge is 0.262 e. The van der Waals surface area contributed by atoms with E-state index in [1.165, 1.54) is 11.3 Å². The zero-order valence-electron chi connectivity index (χ0n) is 16.3. The number of carbonyl (C=O) groups is 1. The second kappa shape index (κ2) is 8.48. The zero-order chi connectivity index (χ0) is 20.2. The summed E-state index contributed by atoms with van der Waals surface area (Å²) >= 11 is 1.52. The fraction of sp³-hybridized carbons (Fsp3) is 0.286. The van der Waals surface area contributed by atoms with E-state index in [9.17, 15) is 4.79 Å². The standard InChI is InChI=1S/C21H22N4O3S/c1-13(15-8-9-17-18(12-15)28-11-5-10-27-17)24-25-20(26)14(2)22-21-23-16-6-3-4-7-19(16)29-21/h3-4,6-9,12,14H,5,10-11H2,1-2H3,(H,22,23)(H,25,26)/b24-13-/t14-/m1/s1. The lowest BCUT2D eigenvalue weighted by molar-refractivity contribution is -0.121. The molecule has 0 spiro atoms. The number of thiazole rings is 1. The Balaban J connectivity index is 1.39. The molecule has 0 radical (unpaired) electrons. The third kappa shape index (κ3) is 4.48. The molecule has 1 amide bonds. The van der Waals surface area contributed by atoms with Gasteiger partial charge in [0.15, 0.2) is 16.6 Å². The second-order valence-corrected chi connectivity index (χ2v) is 7.77. The number of nitrogens with zero attached hydrogens (tertiary/aromatic N) is 2. The monoisotopic (exact) mass is 410 g/mol. The largest absolute Gasteiger partial charge is 0.490 e. The lowest BCUT2D eigenvalue weighted by Crippen LogP contribution is -2.35. The van der Waals surface area contributed by atoms with Gasteiger partial charge in [-0.25, -0.2) is 10.4 Å². The van der Waals surface area contributed by atoms with Gasteiger partial charge in [-0.1, -0.05) is 23.5 Å². The highest BCUT2D eigenvalue weighted by molar-refractivity contribution is 7.22. The predicted octanol–water partition coefficient (Wildman–Crippen LogP) is 3.80. The number of fused-ring (bicyclic) bond motifs is 2. The summed E-state index contributed by atoms with van der Waals surface area (Å²) in [4.78, 5) is 16.9. The van der Waals surface area contributed by atoms with Crippen LogP contribution in [-0.2, 0) is 4.79 Å². The number of hydrazone groups is 1. The van der Waals surface area contributed by atoms with E-state index in [4.69, 9.17) is 9.47 Å². The molecule has 1 aromatic heterocycles. The normalized spacial score (nSPS) is 14.9. The number of ether oxygens (including phenoxy) is 2. The molecule has 3 aromatic rings. The Labute approximate surface area is 172 Å². The molecule has 0 saturated carbocycles. The van der Waals surface area contributed by atoms with Gasteiger partial charge in [-0.2, -0.15) is 5.10 Å². The number of hydrogen-bond acceptors (Lipinski definition) is 7. The number of nitrogens with one attached hydrogen (secondary N) is 2. The average molecular weight is 410 g/mol. The van der Waals surface area contributed by atoms with Crippen LogP contribution in [0, 0.1) is 0 Å². The van der Waals surface area contributed by atoms with Crippen molar-refractivity contribution >= 4 is 38.3 Å². The molecule has 0 bridgehead atoms. The molecule has 29 heavy (non-hydrogen) atoms. The van der Waals surface area contributed by atoms with Crippen LogP contribution < -0.4 is 20.2 Å². The molecular weight excluding hydrogens is 388 g/mol. The van der Waals surface area contributed by atoms with E-state index in [0.717, 1.165) is 28.0 Å². The highest BCUT2D eigenvalue weighted by Gasteiger charge is 2.15. The summed E-state index contributed by atoms with van der Waals surface area (Å²) in [6.07, 6.45) is 0.854. The molecule has 7 nitrogen and oxygen atoms in total. The predicted molar refractivity (Wildman–Crippen MR) is 115 cm³/mol. The van der Waals surface area contributed by atoms with Crippen LogP contribution in [0.2, 0.25) is 0 Å². The van der Waals surface area contributed by atoms with E-state index >= 15 is 0 Å². The molecule has 2 N–H and O–H groups in total. The summed E-state index contributed by atoms with van der Waals surface area (Å²) in [6, 6.07) is 13.0. The van der Waals surface area contributed by atoms with E-state index in [1.54, 1.807) is 6.92 Å². The molecule has 4 rings (SSSR count). The van der Waals surface area contributed by atoms with Crippen LogP contribution in [0.1, 0.15) is 25.8 Å². The van der Waals surface area contributed by atoms with Gasteiger partial charge in [0.2, 0.25) is 0 Å². The number of para-hydroxylation sites is 1. The van der Waals surface area contributed by atoms with Crippen LogP contribution in [0.3, 0.4) is 0 Å². The van der Waals surface area contributed by atoms with Crippen molar-refractivity contribution in [3.05, 3.63) is 48.0 Å². The second-order valence-electron chi connectivity index (χ2n) is 6.74. The van der Waals surface area contributed by atoms with Crippen molar-refractivity contribution in [1.29, 1.82) is 0 Å². The summed E-state index contributed by atoms with van der Waals surface area (Å²) in [7, 11) is 0. The first-order valence-corrected chi connectivity index (χ1v) is 10.3. The van der Waals surface area contributed by atoms with Crippen molar-refractivity contribution in [2.75, 3.05) is 18.5 Å². The van der Waals surface area contributed by atoms with E-state index < -0.39 is 6.04 Å². The first kappa shape index (κ1) is 19.2. The lowest BCUT2D eigenvalue weighted by atomic mass is 10.1. The maximum Gasteiger partial charge on any atom is 0.262 e. The molecule has 0 aliphatic carbocycles. The van der Waals surface area contributed by atoms with Crippen molar-refractivity contribution in [3.8, 4) is 11.5 Å². The minimum absolute atomic E-state index is 0.238. The van der Waals surface area contributed by atoms with E-state index in [-0.39, 0.29) is 5.91 Å². The number of aromatic nitrogens is 1. The topological polar surface area (TPSA) is 84.8 Å². The third-order valence-corrected chi connectivity index (χ3v) is 5.49. The number of amides is 1. The zero-order valence-corrected chi connectivity index (χ0v) is 17.1. The molecule has 8 heteroatoms. The van der Waals surface area contributed by atoms with Crippen LogP contribution in [0.4, 0.5) is 5.13 Å². The number of rotatable bonds is 5. The first-order valence-electron chi connectivity index (χ1n) is 9.46. The van der Waals surface area contributed by atoms with Crippen molar-refractivity contribution in [1.82, 2.24) is 10.4 Å². The molecule has 0 unspecified atom stereocenters. The summed E-state index contributed by atoms with van der Waals surface area (Å²) in [5.74, 6) is 1.20. The van der Waals surface area contributed by atoms with Crippen molar-refractivity contribution in [3.63, 3.8) is 0 Å². The van der Waals surface area contributed by atoms with Gasteiger partial charge in [-0.05, 0) is 44.2 Å². The third-order valence-electron chi connectivity index (χ3n) is 4.53. The minimum Gasteiger partial charge on any atom is -0.490 e. The molecule has 1 atom stereocenters.